The number of benzene rings is 1. The maximum Gasteiger partial charge on any atom is 0.305 e. The van der Waals surface area contributed by atoms with E-state index in [1.807, 2.05) is 24.3 Å². The van der Waals surface area contributed by atoms with Crippen molar-refractivity contribution in [1.29, 1.82) is 0 Å². The number of hydrogen-bond acceptors (Lipinski definition) is 3. The zero-order valence-corrected chi connectivity index (χ0v) is 17.2. The lowest BCUT2D eigenvalue weighted by molar-refractivity contribution is -0.137. The molecule has 1 aromatic heterocycles. The first-order valence-electron chi connectivity index (χ1n) is 10.0. The van der Waals surface area contributed by atoms with Gasteiger partial charge in [-0.25, -0.2) is 0 Å². The molecule has 6 heteroatoms. The van der Waals surface area contributed by atoms with Crippen LogP contribution in [0.2, 0.25) is 0 Å². The van der Waals surface area contributed by atoms with Crippen molar-refractivity contribution in [2.75, 3.05) is 0 Å². The second-order valence-corrected chi connectivity index (χ2v) is 8.72. The van der Waals surface area contributed by atoms with Gasteiger partial charge in [-0.3, -0.25) is 14.4 Å². The maximum atomic E-state index is 12.8. The Labute approximate surface area is 170 Å². The van der Waals surface area contributed by atoms with Gasteiger partial charge in [-0.15, -0.1) is 0 Å². The molecule has 0 radical (unpaired) electrons. The van der Waals surface area contributed by atoms with E-state index in [1.54, 1.807) is 6.07 Å². The molecule has 1 heterocycles. The lowest BCUT2D eigenvalue weighted by Gasteiger charge is -2.22. The van der Waals surface area contributed by atoms with Crippen LogP contribution in [-0.2, 0) is 23.1 Å². The number of carboxylic acid groups (broad SMARTS) is 1. The monoisotopic (exact) mass is 396 g/mol. The van der Waals surface area contributed by atoms with Gasteiger partial charge >= 0.3 is 5.97 Å². The molecule has 1 aliphatic rings. The Bertz CT molecular complexity index is 968. The molecule has 2 aromatic rings. The Hall–Kier alpha value is -2.89. The number of rotatable bonds is 5. The van der Waals surface area contributed by atoms with Gasteiger partial charge in [0, 0.05) is 5.69 Å². The second kappa shape index (κ2) is 8.23. The van der Waals surface area contributed by atoms with Gasteiger partial charge in [0.1, 0.15) is 5.56 Å². The summed E-state index contributed by atoms with van der Waals surface area (Å²) in [5, 5.41) is 12.1. The summed E-state index contributed by atoms with van der Waals surface area (Å²) in [6.07, 6.45) is 3.44. The number of carboxylic acids is 1. The predicted molar refractivity (Wildman–Crippen MR) is 111 cm³/mol. The number of hydrogen-bond donors (Lipinski definition) is 3. The van der Waals surface area contributed by atoms with Crippen LogP contribution in [0.15, 0.2) is 35.1 Å². The fraction of sp³-hybridized carbons (Fsp3) is 0.435. The molecule has 3 N–H and O–H groups in total. The minimum absolute atomic E-state index is 0.0273. The summed E-state index contributed by atoms with van der Waals surface area (Å²) in [5.41, 5.74) is 3.28. The molecule has 0 bridgehead atoms. The Morgan fingerprint density at radius 3 is 2.41 bits per heavy atom. The number of amides is 1. The van der Waals surface area contributed by atoms with E-state index in [4.69, 9.17) is 0 Å². The smallest absolute Gasteiger partial charge is 0.305 e. The SMILES string of the molecule is CC(C)(C)c1ccc(C(CC(=O)O)NC(=O)c2cc3c([nH]c2=O)CCCC3)cc1. The van der Waals surface area contributed by atoms with Gasteiger partial charge in [-0.2, -0.15) is 0 Å². The fourth-order valence-electron chi connectivity index (χ4n) is 3.72. The summed E-state index contributed by atoms with van der Waals surface area (Å²) < 4.78 is 0. The molecule has 0 saturated heterocycles. The van der Waals surface area contributed by atoms with E-state index < -0.39 is 23.5 Å². The first kappa shape index (κ1) is 20.8. The summed E-state index contributed by atoms with van der Waals surface area (Å²) in [6, 6.07) is 8.51. The van der Waals surface area contributed by atoms with Crippen LogP contribution in [0.3, 0.4) is 0 Å². The number of pyridine rings is 1. The van der Waals surface area contributed by atoms with Crippen molar-refractivity contribution < 1.29 is 14.7 Å². The number of aromatic nitrogens is 1. The van der Waals surface area contributed by atoms with Crippen molar-refractivity contribution in [3.8, 4) is 0 Å². The molecular weight excluding hydrogens is 368 g/mol. The van der Waals surface area contributed by atoms with E-state index in [9.17, 15) is 19.5 Å². The molecule has 0 fully saturated rings. The summed E-state index contributed by atoms with van der Waals surface area (Å²) in [6.45, 7) is 6.29. The average molecular weight is 396 g/mol. The highest BCUT2D eigenvalue weighted by atomic mass is 16.4. The summed E-state index contributed by atoms with van der Waals surface area (Å²) >= 11 is 0. The molecular formula is C23H28N2O4. The largest absolute Gasteiger partial charge is 0.481 e. The van der Waals surface area contributed by atoms with Gasteiger partial charge in [0.15, 0.2) is 0 Å². The molecule has 154 valence electrons. The van der Waals surface area contributed by atoms with Crippen LogP contribution in [0.25, 0.3) is 0 Å². The Morgan fingerprint density at radius 2 is 1.79 bits per heavy atom. The second-order valence-electron chi connectivity index (χ2n) is 8.72. The summed E-state index contributed by atoms with van der Waals surface area (Å²) in [7, 11) is 0. The number of aliphatic carboxylic acids is 1. The van der Waals surface area contributed by atoms with E-state index in [2.05, 4.69) is 31.1 Å². The third kappa shape index (κ3) is 4.94. The van der Waals surface area contributed by atoms with Crippen LogP contribution >= 0.6 is 0 Å². The Kier molecular flexibility index (Phi) is 5.91. The normalized spacial score (nSPS) is 14.7. The topological polar surface area (TPSA) is 99.3 Å². The minimum atomic E-state index is -1.02. The standard InChI is InChI=1S/C23H28N2O4/c1-23(2,3)16-10-8-14(9-11-16)19(13-20(26)27)25-22(29)17-12-15-6-4-5-7-18(15)24-21(17)28/h8-12,19H,4-7,13H2,1-3H3,(H,24,28)(H,25,29)(H,26,27). The van der Waals surface area contributed by atoms with Gasteiger partial charge < -0.3 is 15.4 Å². The van der Waals surface area contributed by atoms with Gasteiger partial charge in [-0.1, -0.05) is 45.0 Å². The lowest BCUT2D eigenvalue weighted by atomic mass is 9.86. The Morgan fingerprint density at radius 1 is 1.14 bits per heavy atom. The third-order valence-electron chi connectivity index (χ3n) is 5.45. The molecule has 1 aliphatic carbocycles. The van der Waals surface area contributed by atoms with E-state index in [-0.39, 0.29) is 17.4 Å². The fourth-order valence-corrected chi connectivity index (χ4v) is 3.72. The molecule has 0 saturated carbocycles. The van der Waals surface area contributed by atoms with Crippen LogP contribution in [0.4, 0.5) is 0 Å². The van der Waals surface area contributed by atoms with Crippen molar-refractivity contribution in [1.82, 2.24) is 10.3 Å². The van der Waals surface area contributed by atoms with Crippen molar-refractivity contribution in [3.05, 3.63) is 68.6 Å². The van der Waals surface area contributed by atoms with Gasteiger partial charge in [0.2, 0.25) is 0 Å². The van der Waals surface area contributed by atoms with Crippen LogP contribution in [0.1, 0.15) is 78.8 Å². The van der Waals surface area contributed by atoms with Crippen molar-refractivity contribution >= 4 is 11.9 Å². The lowest BCUT2D eigenvalue weighted by Crippen LogP contribution is -2.34. The number of fused-ring (bicyclic) bond motifs is 1. The number of nitrogens with one attached hydrogen (secondary N) is 2. The molecule has 1 unspecified atom stereocenters. The van der Waals surface area contributed by atoms with E-state index in [1.165, 1.54) is 0 Å². The first-order valence-corrected chi connectivity index (χ1v) is 10.0. The van der Waals surface area contributed by atoms with Gasteiger partial charge in [0.25, 0.3) is 11.5 Å². The average Bonchev–Trinajstić information content (AvgIpc) is 2.66. The number of carbonyl (C=O) groups excluding carboxylic acids is 1. The third-order valence-corrected chi connectivity index (χ3v) is 5.45. The number of H-pyrrole nitrogens is 1. The zero-order valence-electron chi connectivity index (χ0n) is 17.2. The van der Waals surface area contributed by atoms with Crippen LogP contribution in [0, 0.1) is 0 Å². The number of aryl methyl sites for hydroxylation is 2. The predicted octanol–water partition coefficient (Wildman–Crippen LogP) is 3.50. The zero-order chi connectivity index (χ0) is 21.2. The molecule has 0 spiro atoms. The maximum absolute atomic E-state index is 12.8. The molecule has 29 heavy (non-hydrogen) atoms. The van der Waals surface area contributed by atoms with Crippen LogP contribution < -0.4 is 10.9 Å². The summed E-state index contributed by atoms with van der Waals surface area (Å²) in [5.74, 6) is -1.57. The van der Waals surface area contributed by atoms with Crippen LogP contribution in [0.5, 0.6) is 0 Å². The highest BCUT2D eigenvalue weighted by Crippen LogP contribution is 2.25. The molecule has 1 atom stereocenters. The van der Waals surface area contributed by atoms with E-state index in [0.717, 1.165) is 42.5 Å². The van der Waals surface area contributed by atoms with E-state index >= 15 is 0 Å². The summed E-state index contributed by atoms with van der Waals surface area (Å²) in [4.78, 5) is 39.4. The van der Waals surface area contributed by atoms with Crippen molar-refractivity contribution in [2.24, 2.45) is 0 Å². The molecule has 0 aliphatic heterocycles. The van der Waals surface area contributed by atoms with Gasteiger partial charge in [0.05, 0.1) is 12.5 Å². The number of carbonyl (C=O) groups is 2. The highest BCUT2D eigenvalue weighted by molar-refractivity contribution is 5.94. The Balaban J connectivity index is 1.86. The quantitative estimate of drug-likeness (QED) is 0.720. The van der Waals surface area contributed by atoms with Crippen molar-refractivity contribution in [2.45, 2.75) is 64.3 Å². The molecule has 1 amide bonds. The highest BCUT2D eigenvalue weighted by Gasteiger charge is 2.23. The molecule has 1 aromatic carbocycles. The van der Waals surface area contributed by atoms with Crippen LogP contribution in [-0.4, -0.2) is 22.0 Å². The van der Waals surface area contributed by atoms with Gasteiger partial charge in [-0.05, 0) is 53.9 Å². The molecule has 6 nitrogen and oxygen atoms in total. The number of aromatic amines is 1. The minimum Gasteiger partial charge on any atom is -0.481 e. The van der Waals surface area contributed by atoms with Crippen molar-refractivity contribution in [3.63, 3.8) is 0 Å². The first-order chi connectivity index (χ1) is 13.6. The molecule has 3 rings (SSSR count). The van der Waals surface area contributed by atoms with E-state index in [0.29, 0.717) is 5.56 Å².